The lowest BCUT2D eigenvalue weighted by molar-refractivity contribution is 0.303. The molecule has 0 saturated heterocycles. The van der Waals surface area contributed by atoms with Gasteiger partial charge in [0, 0.05) is 17.6 Å². The predicted octanol–water partition coefficient (Wildman–Crippen LogP) is 5.00. The highest BCUT2D eigenvalue weighted by atomic mass is 32.1. The fraction of sp³-hybridized carbons (Fsp3) is 0.591. The highest BCUT2D eigenvalue weighted by Crippen LogP contribution is 2.42. The number of rotatable bonds is 8. The molecule has 0 spiro atoms. The summed E-state index contributed by atoms with van der Waals surface area (Å²) >= 11 is 1.75. The minimum absolute atomic E-state index is 0.463. The molecule has 0 amide bonds. The normalized spacial score (nSPS) is 13.9. The van der Waals surface area contributed by atoms with Crippen LogP contribution in [0.1, 0.15) is 63.3 Å². The maximum atomic E-state index is 5.08. The smallest absolute Gasteiger partial charge is 0.147 e. The van der Waals surface area contributed by atoms with E-state index in [4.69, 9.17) is 4.98 Å². The topological polar surface area (TPSA) is 53.9 Å². The first-order chi connectivity index (χ1) is 13.6. The molecule has 0 radical (unpaired) electrons. The van der Waals surface area contributed by atoms with E-state index in [0.29, 0.717) is 5.92 Å². The zero-order valence-corrected chi connectivity index (χ0v) is 18.3. The number of nitrogens with zero attached hydrogens (tertiary/aromatic N) is 4. The van der Waals surface area contributed by atoms with Crippen molar-refractivity contribution in [1.82, 2.24) is 19.9 Å². The monoisotopic (exact) mass is 397 g/mol. The number of aromatic nitrogens is 3. The van der Waals surface area contributed by atoms with Crippen LogP contribution in [-0.2, 0) is 12.8 Å². The number of anilines is 1. The summed E-state index contributed by atoms with van der Waals surface area (Å²) in [6.45, 7) is 13.2. The Morgan fingerprint density at radius 2 is 1.93 bits per heavy atom. The summed E-state index contributed by atoms with van der Waals surface area (Å²) in [7, 11) is 0. The summed E-state index contributed by atoms with van der Waals surface area (Å²) in [6.07, 6.45) is 6.36. The van der Waals surface area contributed by atoms with E-state index in [1.165, 1.54) is 28.6 Å². The Morgan fingerprint density at radius 3 is 2.68 bits per heavy atom. The summed E-state index contributed by atoms with van der Waals surface area (Å²) in [4.78, 5) is 17.9. The molecule has 0 atom stereocenters. The minimum Gasteiger partial charge on any atom is -0.369 e. The Bertz CT molecular complexity index is 974. The van der Waals surface area contributed by atoms with Gasteiger partial charge in [-0.05, 0) is 62.4 Å². The van der Waals surface area contributed by atoms with E-state index in [9.17, 15) is 0 Å². The van der Waals surface area contributed by atoms with Crippen LogP contribution < -0.4 is 5.32 Å². The first kappa shape index (κ1) is 19.5. The lowest BCUT2D eigenvalue weighted by atomic mass is 9.99. The molecule has 0 unspecified atom stereocenters. The fourth-order valence-electron chi connectivity index (χ4n) is 4.38. The van der Waals surface area contributed by atoms with Crippen LogP contribution in [0.5, 0.6) is 0 Å². The summed E-state index contributed by atoms with van der Waals surface area (Å²) in [6, 6.07) is 0. The highest BCUT2D eigenvalue weighted by Gasteiger charge is 2.25. The van der Waals surface area contributed by atoms with Gasteiger partial charge in [-0.15, -0.1) is 11.3 Å². The average Bonchev–Trinajstić information content (AvgIpc) is 3.31. The molecule has 0 aliphatic heterocycles. The molecule has 1 aliphatic rings. The Balaban J connectivity index is 1.67. The van der Waals surface area contributed by atoms with Gasteiger partial charge in [0.05, 0.1) is 10.2 Å². The van der Waals surface area contributed by atoms with E-state index in [1.54, 1.807) is 17.7 Å². The number of aryl methyl sites for hydroxylation is 1. The molecule has 0 bridgehead atoms. The summed E-state index contributed by atoms with van der Waals surface area (Å²) in [5.41, 5.74) is 5.34. The van der Waals surface area contributed by atoms with Crippen molar-refractivity contribution in [3.8, 4) is 0 Å². The lowest BCUT2D eigenvalue weighted by Gasteiger charge is -2.17. The van der Waals surface area contributed by atoms with Gasteiger partial charge >= 0.3 is 0 Å². The quantitative estimate of drug-likeness (QED) is 0.542. The van der Waals surface area contributed by atoms with Gasteiger partial charge in [-0.3, -0.25) is 0 Å². The molecular weight excluding hydrogens is 366 g/mol. The van der Waals surface area contributed by atoms with Crippen molar-refractivity contribution in [3.05, 3.63) is 23.1 Å². The zero-order valence-electron chi connectivity index (χ0n) is 17.5. The van der Waals surface area contributed by atoms with Gasteiger partial charge in [-0.25, -0.2) is 15.0 Å². The number of hydrogen-bond donors (Lipinski definition) is 1. The third-order valence-electron chi connectivity index (χ3n) is 5.89. The lowest BCUT2D eigenvalue weighted by Crippen LogP contribution is -2.25. The number of hydrogen-bond acceptors (Lipinski definition) is 6. The molecule has 4 rings (SSSR count). The molecule has 6 heteroatoms. The molecule has 3 aromatic rings. The number of thiophene rings is 1. The molecule has 3 aromatic heterocycles. The standard InChI is InChI=1S/C22H31N5S/c1-5-27(6-2)12-8-11-23-21-20-19(24-13-25-21)17-15-9-7-10-16(15)18(14(3)4)26-22(17)28-20/h13-14H,5-12H2,1-4H3,(H,23,24,25). The minimum atomic E-state index is 0.463. The van der Waals surface area contributed by atoms with Crippen molar-refractivity contribution in [1.29, 1.82) is 0 Å². The second-order valence-corrected chi connectivity index (χ2v) is 8.95. The molecular formula is C22H31N5S. The molecule has 1 aliphatic carbocycles. The van der Waals surface area contributed by atoms with Crippen molar-refractivity contribution in [2.75, 3.05) is 31.5 Å². The first-order valence-electron chi connectivity index (χ1n) is 10.7. The molecule has 0 aromatic carbocycles. The Labute approximate surface area is 171 Å². The molecule has 0 saturated carbocycles. The van der Waals surface area contributed by atoms with Gasteiger partial charge < -0.3 is 10.2 Å². The van der Waals surface area contributed by atoms with Crippen molar-refractivity contribution in [2.45, 2.75) is 59.3 Å². The van der Waals surface area contributed by atoms with E-state index >= 15 is 0 Å². The van der Waals surface area contributed by atoms with Crippen molar-refractivity contribution in [3.63, 3.8) is 0 Å². The summed E-state index contributed by atoms with van der Waals surface area (Å²) in [5.74, 6) is 1.43. The number of nitrogens with one attached hydrogen (secondary N) is 1. The Morgan fingerprint density at radius 1 is 1.14 bits per heavy atom. The van der Waals surface area contributed by atoms with E-state index in [1.807, 2.05) is 0 Å². The van der Waals surface area contributed by atoms with Crippen LogP contribution in [0.3, 0.4) is 0 Å². The largest absolute Gasteiger partial charge is 0.369 e. The highest BCUT2D eigenvalue weighted by molar-refractivity contribution is 7.26. The van der Waals surface area contributed by atoms with E-state index < -0.39 is 0 Å². The van der Waals surface area contributed by atoms with Crippen LogP contribution in [0.4, 0.5) is 5.82 Å². The summed E-state index contributed by atoms with van der Waals surface area (Å²) < 4.78 is 1.16. The second-order valence-electron chi connectivity index (χ2n) is 7.95. The molecule has 1 N–H and O–H groups in total. The van der Waals surface area contributed by atoms with Crippen molar-refractivity contribution >= 4 is 37.6 Å². The third kappa shape index (κ3) is 3.48. The SMILES string of the molecule is CCN(CC)CCCNc1ncnc2c1sc1nc(C(C)C)c3c(c12)CCC3. The van der Waals surface area contributed by atoms with E-state index in [0.717, 1.165) is 66.3 Å². The molecule has 28 heavy (non-hydrogen) atoms. The molecule has 150 valence electrons. The van der Waals surface area contributed by atoms with Gasteiger partial charge in [0.25, 0.3) is 0 Å². The van der Waals surface area contributed by atoms with E-state index in [2.05, 4.69) is 47.9 Å². The Hall–Kier alpha value is -1.79. The van der Waals surface area contributed by atoms with Crippen molar-refractivity contribution < 1.29 is 0 Å². The first-order valence-corrected chi connectivity index (χ1v) is 11.5. The van der Waals surface area contributed by atoms with Crippen LogP contribution >= 0.6 is 11.3 Å². The third-order valence-corrected chi connectivity index (χ3v) is 6.97. The van der Waals surface area contributed by atoms with Gasteiger partial charge in [0.1, 0.15) is 17.0 Å². The van der Waals surface area contributed by atoms with Gasteiger partial charge in [0.15, 0.2) is 0 Å². The molecule has 5 nitrogen and oxygen atoms in total. The van der Waals surface area contributed by atoms with Crippen LogP contribution in [0.25, 0.3) is 20.4 Å². The maximum Gasteiger partial charge on any atom is 0.147 e. The van der Waals surface area contributed by atoms with Gasteiger partial charge in [-0.1, -0.05) is 27.7 Å². The predicted molar refractivity (Wildman–Crippen MR) is 120 cm³/mol. The maximum absolute atomic E-state index is 5.08. The van der Waals surface area contributed by atoms with Crippen LogP contribution in [0.15, 0.2) is 6.33 Å². The Kier molecular flexibility index (Phi) is 5.78. The zero-order chi connectivity index (χ0) is 19.7. The average molecular weight is 398 g/mol. The fourth-order valence-corrected chi connectivity index (χ4v) is 5.51. The van der Waals surface area contributed by atoms with Gasteiger partial charge in [0.2, 0.25) is 0 Å². The van der Waals surface area contributed by atoms with Crippen molar-refractivity contribution in [2.24, 2.45) is 0 Å². The van der Waals surface area contributed by atoms with Crippen LogP contribution in [0.2, 0.25) is 0 Å². The summed E-state index contributed by atoms with van der Waals surface area (Å²) in [5, 5.41) is 4.84. The van der Waals surface area contributed by atoms with Crippen LogP contribution in [-0.4, -0.2) is 46.0 Å². The van der Waals surface area contributed by atoms with Crippen LogP contribution in [0, 0.1) is 0 Å². The van der Waals surface area contributed by atoms with Gasteiger partial charge in [-0.2, -0.15) is 0 Å². The second kappa shape index (κ2) is 8.29. The molecule has 0 fully saturated rings. The number of pyridine rings is 1. The molecule has 3 heterocycles. The van der Waals surface area contributed by atoms with E-state index in [-0.39, 0.29) is 0 Å². The number of fused-ring (bicyclic) bond motifs is 5.